The number of H-pyrrole nitrogens is 1. The summed E-state index contributed by atoms with van der Waals surface area (Å²) in [5, 5.41) is 7.03. The average Bonchev–Trinajstić information content (AvgIpc) is 2.72. The number of aromatic amines is 1. The second-order valence-corrected chi connectivity index (χ2v) is 3.77. The molecule has 1 aliphatic heterocycles. The number of likely N-dealkylation sites (tertiary alicyclic amines) is 1. The van der Waals surface area contributed by atoms with E-state index in [4.69, 9.17) is 6.42 Å². The van der Waals surface area contributed by atoms with E-state index in [1.807, 2.05) is 6.20 Å². The quantitative estimate of drug-likeness (QED) is 0.709. The van der Waals surface area contributed by atoms with Gasteiger partial charge in [-0.05, 0) is 32.0 Å². The van der Waals surface area contributed by atoms with Crippen LogP contribution in [0.3, 0.4) is 0 Å². The molecule has 1 aromatic rings. The molecule has 0 aromatic carbocycles. The molecule has 1 aliphatic rings. The monoisotopic (exact) mass is 189 g/mol. The highest BCUT2D eigenvalue weighted by Gasteiger charge is 2.20. The minimum absolute atomic E-state index is 0.645. The Morgan fingerprint density at radius 1 is 1.57 bits per heavy atom. The SMILES string of the molecule is C#CCN1CCC(c2ccn[nH]2)CC1. The minimum Gasteiger partial charge on any atom is -0.292 e. The van der Waals surface area contributed by atoms with Crippen molar-refractivity contribution in [2.45, 2.75) is 18.8 Å². The first kappa shape index (κ1) is 9.29. The molecule has 1 fully saturated rings. The van der Waals surface area contributed by atoms with Gasteiger partial charge in [0, 0.05) is 17.8 Å². The number of rotatable bonds is 2. The topological polar surface area (TPSA) is 31.9 Å². The largest absolute Gasteiger partial charge is 0.292 e. The van der Waals surface area contributed by atoms with E-state index in [2.05, 4.69) is 27.1 Å². The van der Waals surface area contributed by atoms with Crippen LogP contribution in [0.1, 0.15) is 24.5 Å². The van der Waals surface area contributed by atoms with Crippen molar-refractivity contribution in [3.8, 4) is 12.3 Å². The molecule has 2 heterocycles. The van der Waals surface area contributed by atoms with E-state index in [1.165, 1.54) is 18.5 Å². The predicted molar refractivity (Wildman–Crippen MR) is 55.8 cm³/mol. The first-order valence-electron chi connectivity index (χ1n) is 5.05. The van der Waals surface area contributed by atoms with Crippen LogP contribution in [0.2, 0.25) is 0 Å². The van der Waals surface area contributed by atoms with Crippen LogP contribution in [0, 0.1) is 12.3 Å². The van der Waals surface area contributed by atoms with Gasteiger partial charge in [-0.15, -0.1) is 6.42 Å². The highest BCUT2D eigenvalue weighted by Crippen LogP contribution is 2.25. The molecule has 0 saturated carbocycles. The van der Waals surface area contributed by atoms with Crippen LogP contribution in [-0.2, 0) is 0 Å². The number of nitrogens with zero attached hydrogens (tertiary/aromatic N) is 2. The van der Waals surface area contributed by atoms with Gasteiger partial charge in [0.25, 0.3) is 0 Å². The lowest BCUT2D eigenvalue weighted by Gasteiger charge is -2.29. The molecule has 0 spiro atoms. The Morgan fingerprint density at radius 3 is 2.93 bits per heavy atom. The van der Waals surface area contributed by atoms with Gasteiger partial charge in [0.05, 0.1) is 6.54 Å². The van der Waals surface area contributed by atoms with Crippen molar-refractivity contribution in [3.63, 3.8) is 0 Å². The number of aromatic nitrogens is 2. The Morgan fingerprint density at radius 2 is 2.36 bits per heavy atom. The molecule has 2 rings (SSSR count). The number of hydrogen-bond acceptors (Lipinski definition) is 2. The summed E-state index contributed by atoms with van der Waals surface area (Å²) in [4.78, 5) is 2.33. The smallest absolute Gasteiger partial charge is 0.0598 e. The second-order valence-electron chi connectivity index (χ2n) is 3.77. The van der Waals surface area contributed by atoms with Gasteiger partial charge in [0.15, 0.2) is 0 Å². The van der Waals surface area contributed by atoms with E-state index in [9.17, 15) is 0 Å². The highest BCUT2D eigenvalue weighted by molar-refractivity contribution is 5.07. The van der Waals surface area contributed by atoms with Crippen LogP contribution in [0.5, 0.6) is 0 Å². The van der Waals surface area contributed by atoms with Crippen molar-refractivity contribution >= 4 is 0 Å². The summed E-state index contributed by atoms with van der Waals surface area (Å²) in [6, 6.07) is 2.07. The summed E-state index contributed by atoms with van der Waals surface area (Å²) >= 11 is 0. The molecule has 0 aliphatic carbocycles. The van der Waals surface area contributed by atoms with E-state index in [-0.39, 0.29) is 0 Å². The molecule has 0 atom stereocenters. The molecule has 3 heteroatoms. The third-order valence-electron chi connectivity index (χ3n) is 2.86. The zero-order valence-corrected chi connectivity index (χ0v) is 8.24. The highest BCUT2D eigenvalue weighted by atomic mass is 15.1. The van der Waals surface area contributed by atoms with Gasteiger partial charge < -0.3 is 0 Å². The lowest BCUT2D eigenvalue weighted by atomic mass is 9.94. The maximum absolute atomic E-state index is 5.28. The molecular formula is C11H15N3. The molecule has 3 nitrogen and oxygen atoms in total. The number of piperidine rings is 1. The van der Waals surface area contributed by atoms with Gasteiger partial charge in [-0.3, -0.25) is 10.00 Å². The fraction of sp³-hybridized carbons (Fsp3) is 0.545. The van der Waals surface area contributed by atoms with Crippen LogP contribution in [0.4, 0.5) is 0 Å². The fourth-order valence-corrected chi connectivity index (χ4v) is 2.03. The zero-order valence-electron chi connectivity index (χ0n) is 8.24. The van der Waals surface area contributed by atoms with E-state index in [0.717, 1.165) is 19.6 Å². The Kier molecular flexibility index (Phi) is 2.85. The van der Waals surface area contributed by atoms with Crippen molar-refractivity contribution in [2.24, 2.45) is 0 Å². The third-order valence-corrected chi connectivity index (χ3v) is 2.86. The van der Waals surface area contributed by atoms with Crippen molar-refractivity contribution in [1.82, 2.24) is 15.1 Å². The van der Waals surface area contributed by atoms with Crippen LogP contribution in [-0.4, -0.2) is 34.7 Å². The van der Waals surface area contributed by atoms with Crippen molar-refractivity contribution in [1.29, 1.82) is 0 Å². The molecule has 0 unspecified atom stereocenters. The number of nitrogens with one attached hydrogen (secondary N) is 1. The summed E-state index contributed by atoms with van der Waals surface area (Å²) in [7, 11) is 0. The Balaban J connectivity index is 1.88. The van der Waals surface area contributed by atoms with Crippen LogP contribution >= 0.6 is 0 Å². The lowest BCUT2D eigenvalue weighted by molar-refractivity contribution is 0.234. The third kappa shape index (κ3) is 1.97. The van der Waals surface area contributed by atoms with E-state index in [1.54, 1.807) is 0 Å². The number of terminal acetylenes is 1. The number of hydrogen-bond donors (Lipinski definition) is 1. The van der Waals surface area contributed by atoms with Crippen LogP contribution in [0.15, 0.2) is 12.3 Å². The van der Waals surface area contributed by atoms with Gasteiger partial charge in [-0.2, -0.15) is 5.10 Å². The molecule has 0 radical (unpaired) electrons. The van der Waals surface area contributed by atoms with Crippen molar-refractivity contribution in [3.05, 3.63) is 18.0 Å². The normalized spacial score (nSPS) is 19.4. The summed E-state index contributed by atoms with van der Waals surface area (Å²) in [5.74, 6) is 3.34. The molecule has 74 valence electrons. The Hall–Kier alpha value is -1.27. The maximum Gasteiger partial charge on any atom is 0.0598 e. The standard InChI is InChI=1S/C11H15N3/c1-2-7-14-8-4-10(5-9-14)11-3-6-12-13-11/h1,3,6,10H,4-5,7-9H2,(H,12,13). The van der Waals surface area contributed by atoms with E-state index in [0.29, 0.717) is 5.92 Å². The first-order chi connectivity index (χ1) is 6.90. The lowest BCUT2D eigenvalue weighted by Crippen LogP contribution is -2.33. The molecule has 0 bridgehead atoms. The van der Waals surface area contributed by atoms with Crippen LogP contribution < -0.4 is 0 Å². The fourth-order valence-electron chi connectivity index (χ4n) is 2.03. The molecule has 14 heavy (non-hydrogen) atoms. The van der Waals surface area contributed by atoms with Gasteiger partial charge in [-0.1, -0.05) is 5.92 Å². The first-order valence-corrected chi connectivity index (χ1v) is 5.05. The van der Waals surface area contributed by atoms with Gasteiger partial charge in [-0.25, -0.2) is 0 Å². The minimum atomic E-state index is 0.645. The predicted octanol–water partition coefficient (Wildman–Crippen LogP) is 1.22. The Bertz CT molecular complexity index is 302. The summed E-state index contributed by atoms with van der Waals surface area (Å²) in [6.45, 7) is 3.00. The van der Waals surface area contributed by atoms with Gasteiger partial charge in [0.1, 0.15) is 0 Å². The van der Waals surface area contributed by atoms with E-state index >= 15 is 0 Å². The summed E-state index contributed by atoms with van der Waals surface area (Å²) in [6.07, 6.45) is 9.47. The second kappa shape index (κ2) is 4.30. The molecule has 0 amide bonds. The zero-order chi connectivity index (χ0) is 9.80. The molecular weight excluding hydrogens is 174 g/mol. The van der Waals surface area contributed by atoms with Gasteiger partial charge in [0.2, 0.25) is 0 Å². The molecule has 1 saturated heterocycles. The van der Waals surface area contributed by atoms with Crippen molar-refractivity contribution in [2.75, 3.05) is 19.6 Å². The van der Waals surface area contributed by atoms with Crippen molar-refractivity contribution < 1.29 is 0 Å². The maximum atomic E-state index is 5.28. The van der Waals surface area contributed by atoms with E-state index < -0.39 is 0 Å². The summed E-state index contributed by atoms with van der Waals surface area (Å²) in [5.41, 5.74) is 1.27. The summed E-state index contributed by atoms with van der Waals surface area (Å²) < 4.78 is 0. The Labute approximate surface area is 84.5 Å². The average molecular weight is 189 g/mol. The van der Waals surface area contributed by atoms with Gasteiger partial charge >= 0.3 is 0 Å². The molecule has 1 N–H and O–H groups in total. The molecule has 1 aromatic heterocycles. The van der Waals surface area contributed by atoms with Crippen LogP contribution in [0.25, 0.3) is 0 Å².